The normalized spacial score (nSPS) is 14.4. The third-order valence-corrected chi connectivity index (χ3v) is 3.27. The van der Waals surface area contributed by atoms with Gasteiger partial charge in [-0.15, -0.1) is 0 Å². The smallest absolute Gasteiger partial charge is 0.0788 e. The van der Waals surface area contributed by atoms with Crippen LogP contribution in [0.5, 0.6) is 0 Å². The Morgan fingerprint density at radius 2 is 2.06 bits per heavy atom. The second-order valence-corrected chi connectivity index (χ2v) is 5.03. The van der Waals surface area contributed by atoms with Crippen LogP contribution in [0.15, 0.2) is 30.3 Å². The molecule has 18 heavy (non-hydrogen) atoms. The summed E-state index contributed by atoms with van der Waals surface area (Å²) in [4.78, 5) is 4.50. The molecule has 1 unspecified atom stereocenters. The molecule has 0 aliphatic carbocycles. The van der Waals surface area contributed by atoms with Crippen LogP contribution in [0.2, 0.25) is 0 Å². The van der Waals surface area contributed by atoms with Gasteiger partial charge < -0.3 is 10.4 Å². The molecule has 2 N–H and O–H groups in total. The number of aryl methyl sites for hydroxylation is 1. The number of aromatic nitrogens is 1. The molecule has 0 spiro atoms. The van der Waals surface area contributed by atoms with Gasteiger partial charge in [-0.3, -0.25) is 4.98 Å². The van der Waals surface area contributed by atoms with Crippen LogP contribution >= 0.6 is 0 Å². The van der Waals surface area contributed by atoms with E-state index < -0.39 is 5.60 Å². The highest BCUT2D eigenvalue weighted by Crippen LogP contribution is 2.23. The van der Waals surface area contributed by atoms with Crippen LogP contribution in [-0.4, -0.2) is 22.2 Å². The van der Waals surface area contributed by atoms with E-state index in [0.29, 0.717) is 6.54 Å². The standard InChI is InChI=1S/C15H20N2O/c1-4-15(3,18)10-16-14-9-11(2)17-13-8-6-5-7-12(13)14/h5-9,18H,4,10H2,1-3H3,(H,16,17). The lowest BCUT2D eigenvalue weighted by molar-refractivity contribution is 0.0698. The highest BCUT2D eigenvalue weighted by Gasteiger charge is 2.17. The van der Waals surface area contributed by atoms with Gasteiger partial charge in [0.1, 0.15) is 0 Å². The number of hydrogen-bond donors (Lipinski definition) is 2. The lowest BCUT2D eigenvalue weighted by Crippen LogP contribution is -2.32. The fourth-order valence-corrected chi connectivity index (χ4v) is 1.86. The van der Waals surface area contributed by atoms with Gasteiger partial charge in [0.15, 0.2) is 0 Å². The van der Waals surface area contributed by atoms with Crippen molar-refractivity contribution in [3.8, 4) is 0 Å². The summed E-state index contributed by atoms with van der Waals surface area (Å²) in [5.41, 5.74) is 2.31. The van der Waals surface area contributed by atoms with Crippen LogP contribution in [-0.2, 0) is 0 Å². The first-order valence-electron chi connectivity index (χ1n) is 6.34. The zero-order chi connectivity index (χ0) is 13.2. The summed E-state index contributed by atoms with van der Waals surface area (Å²) < 4.78 is 0. The molecular weight excluding hydrogens is 224 g/mol. The Labute approximate surface area is 108 Å². The molecular formula is C15H20N2O. The molecule has 1 aromatic carbocycles. The van der Waals surface area contributed by atoms with Gasteiger partial charge in [0, 0.05) is 23.3 Å². The summed E-state index contributed by atoms with van der Waals surface area (Å²) in [6.07, 6.45) is 0.724. The number of anilines is 1. The predicted molar refractivity (Wildman–Crippen MR) is 75.9 cm³/mol. The van der Waals surface area contributed by atoms with Crippen molar-refractivity contribution in [1.82, 2.24) is 4.98 Å². The van der Waals surface area contributed by atoms with Crippen LogP contribution < -0.4 is 5.32 Å². The first-order chi connectivity index (χ1) is 8.52. The van der Waals surface area contributed by atoms with Gasteiger partial charge >= 0.3 is 0 Å². The molecule has 0 saturated carbocycles. The van der Waals surface area contributed by atoms with Crippen LogP contribution in [0.25, 0.3) is 10.9 Å². The summed E-state index contributed by atoms with van der Waals surface area (Å²) in [6.45, 7) is 6.35. The van der Waals surface area contributed by atoms with Gasteiger partial charge in [0.25, 0.3) is 0 Å². The van der Waals surface area contributed by atoms with E-state index in [0.717, 1.165) is 28.7 Å². The molecule has 96 valence electrons. The van der Waals surface area contributed by atoms with Crippen molar-refractivity contribution in [2.75, 3.05) is 11.9 Å². The highest BCUT2D eigenvalue weighted by atomic mass is 16.3. The van der Waals surface area contributed by atoms with Crippen LogP contribution in [0.3, 0.4) is 0 Å². The molecule has 0 aliphatic heterocycles. The fraction of sp³-hybridized carbons (Fsp3) is 0.400. The number of aliphatic hydroxyl groups is 1. The second kappa shape index (κ2) is 4.94. The molecule has 0 amide bonds. The molecule has 2 aromatic rings. The molecule has 1 aromatic heterocycles. The lowest BCUT2D eigenvalue weighted by Gasteiger charge is -2.23. The van der Waals surface area contributed by atoms with Crippen molar-refractivity contribution in [2.45, 2.75) is 32.8 Å². The quantitative estimate of drug-likeness (QED) is 0.868. The molecule has 0 saturated heterocycles. The van der Waals surface area contributed by atoms with Gasteiger partial charge in [-0.05, 0) is 32.4 Å². The predicted octanol–water partition coefficient (Wildman–Crippen LogP) is 3.12. The third kappa shape index (κ3) is 2.79. The first kappa shape index (κ1) is 12.8. The summed E-state index contributed by atoms with van der Waals surface area (Å²) in [5.74, 6) is 0. The Bertz CT molecular complexity index is 549. The van der Waals surface area contributed by atoms with E-state index >= 15 is 0 Å². The Morgan fingerprint density at radius 1 is 1.33 bits per heavy atom. The zero-order valence-electron chi connectivity index (χ0n) is 11.2. The number of fused-ring (bicyclic) bond motifs is 1. The van der Waals surface area contributed by atoms with E-state index in [-0.39, 0.29) is 0 Å². The van der Waals surface area contributed by atoms with Crippen molar-refractivity contribution in [3.05, 3.63) is 36.0 Å². The van der Waals surface area contributed by atoms with Crippen molar-refractivity contribution < 1.29 is 5.11 Å². The maximum atomic E-state index is 10.0. The molecule has 3 heteroatoms. The maximum absolute atomic E-state index is 10.0. The van der Waals surface area contributed by atoms with E-state index in [2.05, 4.69) is 10.3 Å². The minimum atomic E-state index is -0.682. The van der Waals surface area contributed by atoms with Crippen molar-refractivity contribution in [3.63, 3.8) is 0 Å². The van der Waals surface area contributed by atoms with Crippen molar-refractivity contribution >= 4 is 16.6 Å². The van der Waals surface area contributed by atoms with Crippen molar-refractivity contribution in [1.29, 1.82) is 0 Å². The van der Waals surface area contributed by atoms with Crippen molar-refractivity contribution in [2.24, 2.45) is 0 Å². The number of benzene rings is 1. The van der Waals surface area contributed by atoms with Gasteiger partial charge in [-0.1, -0.05) is 25.1 Å². The van der Waals surface area contributed by atoms with Gasteiger partial charge in [0.2, 0.25) is 0 Å². The Balaban J connectivity index is 2.33. The number of nitrogens with one attached hydrogen (secondary N) is 1. The molecule has 0 bridgehead atoms. The molecule has 1 atom stereocenters. The average molecular weight is 244 g/mol. The number of para-hydroxylation sites is 1. The van der Waals surface area contributed by atoms with Crippen LogP contribution in [0.1, 0.15) is 26.0 Å². The number of pyridine rings is 1. The SMILES string of the molecule is CCC(C)(O)CNc1cc(C)nc2ccccc12. The minimum absolute atomic E-state index is 0.539. The van der Waals surface area contributed by atoms with E-state index in [1.54, 1.807) is 0 Å². The number of hydrogen-bond acceptors (Lipinski definition) is 3. The minimum Gasteiger partial charge on any atom is -0.388 e. The molecule has 3 nitrogen and oxygen atoms in total. The molecule has 0 aliphatic rings. The second-order valence-electron chi connectivity index (χ2n) is 5.03. The molecule has 0 radical (unpaired) electrons. The summed E-state index contributed by atoms with van der Waals surface area (Å²) >= 11 is 0. The Kier molecular flexibility index (Phi) is 3.53. The zero-order valence-corrected chi connectivity index (χ0v) is 11.2. The molecule has 0 fully saturated rings. The largest absolute Gasteiger partial charge is 0.388 e. The average Bonchev–Trinajstić information content (AvgIpc) is 2.36. The summed E-state index contributed by atoms with van der Waals surface area (Å²) in [5, 5.41) is 14.5. The van der Waals surface area contributed by atoms with Gasteiger partial charge in [-0.2, -0.15) is 0 Å². The maximum Gasteiger partial charge on any atom is 0.0788 e. The van der Waals surface area contributed by atoms with E-state index in [1.807, 2.05) is 51.1 Å². The van der Waals surface area contributed by atoms with Crippen LogP contribution in [0.4, 0.5) is 5.69 Å². The highest BCUT2D eigenvalue weighted by molar-refractivity contribution is 5.91. The van der Waals surface area contributed by atoms with E-state index in [1.165, 1.54) is 0 Å². The summed E-state index contributed by atoms with van der Waals surface area (Å²) in [6, 6.07) is 10.1. The number of nitrogens with zero attached hydrogens (tertiary/aromatic N) is 1. The van der Waals surface area contributed by atoms with E-state index in [4.69, 9.17) is 0 Å². The van der Waals surface area contributed by atoms with Crippen LogP contribution in [0, 0.1) is 6.92 Å². The summed E-state index contributed by atoms with van der Waals surface area (Å²) in [7, 11) is 0. The van der Waals surface area contributed by atoms with E-state index in [9.17, 15) is 5.11 Å². The third-order valence-electron chi connectivity index (χ3n) is 3.27. The van der Waals surface area contributed by atoms with Gasteiger partial charge in [-0.25, -0.2) is 0 Å². The number of rotatable bonds is 4. The molecule has 1 heterocycles. The fourth-order valence-electron chi connectivity index (χ4n) is 1.86. The Hall–Kier alpha value is -1.61. The lowest BCUT2D eigenvalue weighted by atomic mass is 10.0. The van der Waals surface area contributed by atoms with Gasteiger partial charge in [0.05, 0.1) is 11.1 Å². The monoisotopic (exact) mass is 244 g/mol. The topological polar surface area (TPSA) is 45.1 Å². The Morgan fingerprint density at radius 3 is 2.78 bits per heavy atom. The first-order valence-corrected chi connectivity index (χ1v) is 6.34. The molecule has 2 rings (SSSR count).